The number of hydrogen-bond acceptors (Lipinski definition) is 0. The molecule has 0 unspecified atom stereocenters. The minimum atomic E-state index is -4.24. The number of hydrogen-bond donors (Lipinski definition) is 0. The maximum Gasteiger partial charge on any atom is 0.416 e. The lowest BCUT2D eigenvalue weighted by Crippen LogP contribution is -2.16. The third-order valence-corrected chi connectivity index (χ3v) is 3.93. The molecule has 1 rings (SSSR count). The second-order valence-corrected chi connectivity index (χ2v) is 5.56. The van der Waals surface area contributed by atoms with Crippen LogP contribution in [0, 0.1) is 0 Å². The Morgan fingerprint density at radius 3 is 2.62 bits per heavy atom. The summed E-state index contributed by atoms with van der Waals surface area (Å²) in [5, 5.41) is 0.828. The standard InChI is InChI=1S/C11H12ClF3Si/c12-6-1-2-7-16-10-5-3-4-9(8-10)11(13,14)15/h1-5,8H,6-7,16H2. The van der Waals surface area contributed by atoms with Gasteiger partial charge >= 0.3 is 6.18 Å². The summed E-state index contributed by atoms with van der Waals surface area (Å²) in [5.41, 5.74) is -0.557. The lowest BCUT2D eigenvalue weighted by molar-refractivity contribution is -0.137. The largest absolute Gasteiger partial charge is 0.416 e. The van der Waals surface area contributed by atoms with Crippen molar-refractivity contribution in [1.29, 1.82) is 0 Å². The summed E-state index contributed by atoms with van der Waals surface area (Å²) in [6, 6.07) is 6.42. The highest BCUT2D eigenvalue weighted by atomic mass is 35.5. The highest BCUT2D eigenvalue weighted by Crippen LogP contribution is 2.27. The molecule has 0 aromatic heterocycles. The lowest BCUT2D eigenvalue weighted by Gasteiger charge is -2.07. The van der Waals surface area contributed by atoms with E-state index in [1.807, 2.05) is 12.2 Å². The van der Waals surface area contributed by atoms with E-state index in [1.54, 1.807) is 6.07 Å². The minimum Gasteiger partial charge on any atom is -0.166 e. The van der Waals surface area contributed by atoms with Crippen molar-refractivity contribution in [3.63, 3.8) is 0 Å². The van der Waals surface area contributed by atoms with Gasteiger partial charge in [-0.05, 0) is 6.04 Å². The third kappa shape index (κ3) is 4.41. The number of halogens is 4. The first kappa shape index (κ1) is 13.3. The monoisotopic (exact) mass is 264 g/mol. The molecule has 0 aliphatic carbocycles. The Kier molecular flexibility index (Phi) is 5.08. The number of benzene rings is 1. The van der Waals surface area contributed by atoms with Gasteiger partial charge in [-0.15, -0.1) is 11.6 Å². The Balaban J connectivity index is 2.65. The molecule has 0 fully saturated rings. The van der Waals surface area contributed by atoms with Gasteiger partial charge in [0.2, 0.25) is 0 Å². The quantitative estimate of drug-likeness (QED) is 0.446. The molecule has 88 valence electrons. The highest BCUT2D eigenvalue weighted by Gasteiger charge is 2.30. The van der Waals surface area contributed by atoms with Crippen LogP contribution in [0.5, 0.6) is 0 Å². The predicted octanol–water partition coefficient (Wildman–Crippen LogP) is 2.71. The van der Waals surface area contributed by atoms with Crippen LogP contribution >= 0.6 is 11.6 Å². The van der Waals surface area contributed by atoms with Gasteiger partial charge in [0.05, 0.1) is 15.1 Å². The zero-order valence-corrected chi connectivity index (χ0v) is 10.8. The summed E-state index contributed by atoms with van der Waals surface area (Å²) in [4.78, 5) is 0. The molecule has 16 heavy (non-hydrogen) atoms. The van der Waals surface area contributed by atoms with Crippen LogP contribution < -0.4 is 5.19 Å². The molecule has 0 bridgehead atoms. The minimum absolute atomic E-state index is 0.455. The van der Waals surface area contributed by atoms with Crippen LogP contribution in [-0.2, 0) is 6.18 Å². The molecule has 0 saturated carbocycles. The Bertz CT molecular complexity index is 360. The van der Waals surface area contributed by atoms with Crippen LogP contribution in [0.1, 0.15) is 5.56 Å². The molecule has 0 nitrogen and oxygen atoms in total. The second-order valence-electron chi connectivity index (χ2n) is 3.36. The van der Waals surface area contributed by atoms with Gasteiger partial charge in [-0.2, -0.15) is 13.2 Å². The maximum absolute atomic E-state index is 12.4. The first-order chi connectivity index (χ1) is 7.54. The van der Waals surface area contributed by atoms with Crippen molar-refractivity contribution in [2.75, 3.05) is 5.88 Å². The molecule has 0 aliphatic heterocycles. The van der Waals surface area contributed by atoms with Gasteiger partial charge in [-0.25, -0.2) is 0 Å². The number of allylic oxidation sites excluding steroid dienone is 2. The SMILES string of the molecule is FC(F)(F)c1cccc([SiH2]CC=CCCl)c1. The van der Waals surface area contributed by atoms with Crippen molar-refractivity contribution in [3.05, 3.63) is 42.0 Å². The molecule has 0 spiro atoms. The predicted molar refractivity (Wildman–Crippen MR) is 64.3 cm³/mol. The average Bonchev–Trinajstić information content (AvgIpc) is 2.24. The zero-order chi connectivity index (χ0) is 12.0. The van der Waals surface area contributed by atoms with Crippen molar-refractivity contribution >= 4 is 26.3 Å². The summed E-state index contributed by atoms with van der Waals surface area (Å²) in [6.07, 6.45) is -0.488. The van der Waals surface area contributed by atoms with Gasteiger partial charge in [0.1, 0.15) is 0 Å². The first-order valence-electron chi connectivity index (χ1n) is 4.91. The van der Waals surface area contributed by atoms with E-state index >= 15 is 0 Å². The topological polar surface area (TPSA) is 0 Å². The van der Waals surface area contributed by atoms with Gasteiger partial charge in [-0.3, -0.25) is 0 Å². The molecule has 0 radical (unpaired) electrons. The van der Waals surface area contributed by atoms with E-state index in [0.717, 1.165) is 17.3 Å². The van der Waals surface area contributed by atoms with Gasteiger partial charge in [0.15, 0.2) is 0 Å². The maximum atomic E-state index is 12.4. The summed E-state index contributed by atoms with van der Waals surface area (Å²) in [5.74, 6) is 0.455. The lowest BCUT2D eigenvalue weighted by atomic mass is 10.2. The Hall–Kier alpha value is -0.743. The molecule has 1 aromatic rings. The van der Waals surface area contributed by atoms with E-state index < -0.39 is 21.3 Å². The van der Waals surface area contributed by atoms with Gasteiger partial charge < -0.3 is 0 Å². The van der Waals surface area contributed by atoms with Crippen molar-refractivity contribution in [3.8, 4) is 0 Å². The molecule has 0 aliphatic rings. The zero-order valence-electron chi connectivity index (χ0n) is 8.60. The fourth-order valence-electron chi connectivity index (χ4n) is 1.33. The second kappa shape index (κ2) is 6.11. The smallest absolute Gasteiger partial charge is 0.166 e. The van der Waals surface area contributed by atoms with Crippen LogP contribution in [0.3, 0.4) is 0 Å². The molecule has 0 atom stereocenters. The fourth-order valence-corrected chi connectivity index (χ4v) is 2.86. The molecular formula is C11H12ClF3Si. The van der Waals surface area contributed by atoms with Crippen molar-refractivity contribution < 1.29 is 13.2 Å². The van der Waals surface area contributed by atoms with E-state index in [0.29, 0.717) is 5.88 Å². The van der Waals surface area contributed by atoms with Crippen LogP contribution in [0.15, 0.2) is 36.4 Å². The molecule has 0 amide bonds. The Morgan fingerprint density at radius 1 is 1.25 bits per heavy atom. The summed E-state index contributed by atoms with van der Waals surface area (Å²) in [7, 11) is -0.657. The molecule has 0 N–H and O–H groups in total. The summed E-state index contributed by atoms with van der Waals surface area (Å²) < 4.78 is 37.2. The molecule has 0 saturated heterocycles. The Morgan fingerprint density at radius 2 is 2.00 bits per heavy atom. The van der Waals surface area contributed by atoms with E-state index in [9.17, 15) is 13.2 Å². The van der Waals surface area contributed by atoms with Crippen molar-refractivity contribution in [1.82, 2.24) is 0 Å². The molecule has 0 heterocycles. The third-order valence-electron chi connectivity index (χ3n) is 2.11. The normalized spacial score (nSPS) is 13.0. The number of alkyl halides is 4. The van der Waals surface area contributed by atoms with E-state index in [1.165, 1.54) is 12.1 Å². The van der Waals surface area contributed by atoms with Crippen molar-refractivity contribution in [2.45, 2.75) is 12.2 Å². The Labute approximate surface area is 99.9 Å². The van der Waals surface area contributed by atoms with Gasteiger partial charge in [0, 0.05) is 5.88 Å². The van der Waals surface area contributed by atoms with E-state index in [4.69, 9.17) is 11.6 Å². The average molecular weight is 265 g/mol. The van der Waals surface area contributed by atoms with Crippen molar-refractivity contribution in [2.24, 2.45) is 0 Å². The first-order valence-corrected chi connectivity index (χ1v) is 7.15. The summed E-state index contributed by atoms with van der Waals surface area (Å²) in [6.45, 7) is 0. The van der Waals surface area contributed by atoms with Crippen LogP contribution in [0.2, 0.25) is 6.04 Å². The van der Waals surface area contributed by atoms with E-state index in [2.05, 4.69) is 0 Å². The van der Waals surface area contributed by atoms with Crippen LogP contribution in [0.25, 0.3) is 0 Å². The molecule has 1 aromatic carbocycles. The van der Waals surface area contributed by atoms with Gasteiger partial charge in [-0.1, -0.05) is 41.6 Å². The van der Waals surface area contributed by atoms with Crippen LogP contribution in [-0.4, -0.2) is 15.4 Å². The fraction of sp³-hybridized carbons (Fsp3) is 0.273. The van der Waals surface area contributed by atoms with E-state index in [-0.39, 0.29) is 0 Å². The molecular weight excluding hydrogens is 253 g/mol. The van der Waals surface area contributed by atoms with Gasteiger partial charge in [0.25, 0.3) is 0 Å². The molecule has 5 heteroatoms. The summed E-state index contributed by atoms with van der Waals surface area (Å²) >= 11 is 5.45. The number of rotatable bonds is 4. The highest BCUT2D eigenvalue weighted by molar-refractivity contribution is 6.53. The van der Waals surface area contributed by atoms with Crippen LogP contribution in [0.4, 0.5) is 13.2 Å².